The van der Waals surface area contributed by atoms with Crippen molar-refractivity contribution in [3.8, 4) is 0 Å². The molecule has 2 rings (SSSR count). The second-order valence-corrected chi connectivity index (χ2v) is 8.20. The minimum atomic E-state index is -3.77. The van der Waals surface area contributed by atoms with Crippen molar-refractivity contribution in [1.82, 2.24) is 4.72 Å². The van der Waals surface area contributed by atoms with Gasteiger partial charge in [0, 0.05) is 12.6 Å². The molecule has 6 nitrogen and oxygen atoms in total. The van der Waals surface area contributed by atoms with Crippen LogP contribution in [0.5, 0.6) is 0 Å². The lowest BCUT2D eigenvalue weighted by Gasteiger charge is -2.12. The molecule has 9 heteroatoms. The van der Waals surface area contributed by atoms with E-state index in [1.807, 2.05) is 0 Å². The van der Waals surface area contributed by atoms with Crippen LogP contribution in [0.1, 0.15) is 12.0 Å². The first-order chi connectivity index (χ1) is 9.81. The van der Waals surface area contributed by atoms with Crippen LogP contribution >= 0.6 is 23.4 Å². The van der Waals surface area contributed by atoms with Crippen molar-refractivity contribution in [3.63, 3.8) is 0 Å². The first-order valence-electron chi connectivity index (χ1n) is 6.33. The number of nitro groups is 1. The summed E-state index contributed by atoms with van der Waals surface area (Å²) < 4.78 is 27.2. The molecule has 1 N–H and O–H groups in total. The number of hydrogen-bond acceptors (Lipinski definition) is 5. The highest BCUT2D eigenvalue weighted by atomic mass is 35.5. The Morgan fingerprint density at radius 1 is 1.52 bits per heavy atom. The van der Waals surface area contributed by atoms with E-state index in [2.05, 4.69) is 4.72 Å². The van der Waals surface area contributed by atoms with E-state index in [-0.39, 0.29) is 9.92 Å². The van der Waals surface area contributed by atoms with E-state index in [4.69, 9.17) is 11.6 Å². The second-order valence-electron chi connectivity index (χ2n) is 4.91. The lowest BCUT2D eigenvalue weighted by molar-refractivity contribution is -0.384. The van der Waals surface area contributed by atoms with E-state index in [9.17, 15) is 18.5 Å². The van der Waals surface area contributed by atoms with Crippen molar-refractivity contribution < 1.29 is 13.3 Å². The number of nitro benzene ring substituents is 1. The Balaban J connectivity index is 2.26. The Hall–Kier alpha value is -0.830. The van der Waals surface area contributed by atoms with Crippen LogP contribution in [0.3, 0.4) is 0 Å². The van der Waals surface area contributed by atoms with E-state index in [1.54, 1.807) is 18.7 Å². The Labute approximate surface area is 132 Å². The van der Waals surface area contributed by atoms with Gasteiger partial charge >= 0.3 is 0 Å². The third-order valence-corrected chi connectivity index (χ3v) is 6.42. The topological polar surface area (TPSA) is 89.3 Å². The molecule has 0 aliphatic carbocycles. The van der Waals surface area contributed by atoms with Crippen molar-refractivity contribution in [2.75, 3.05) is 18.1 Å². The molecule has 0 bridgehead atoms. The van der Waals surface area contributed by atoms with Crippen LogP contribution in [0.2, 0.25) is 5.02 Å². The molecule has 1 aliphatic rings. The van der Waals surface area contributed by atoms with Crippen LogP contribution in [0.15, 0.2) is 17.0 Å². The van der Waals surface area contributed by atoms with Crippen LogP contribution in [0.4, 0.5) is 5.69 Å². The van der Waals surface area contributed by atoms with Crippen LogP contribution in [0.25, 0.3) is 0 Å². The van der Waals surface area contributed by atoms with Crippen molar-refractivity contribution in [3.05, 3.63) is 32.8 Å². The standard InChI is InChI=1S/C12H15ClN2O4S2/c1-8-4-10(13)11(15(16)17)5-12(8)21(18,19)14-6-9-2-3-20-7-9/h4-5,9,14H,2-3,6-7H2,1H3. The predicted molar refractivity (Wildman–Crippen MR) is 83.5 cm³/mol. The van der Waals surface area contributed by atoms with Crippen molar-refractivity contribution in [1.29, 1.82) is 0 Å². The Morgan fingerprint density at radius 2 is 2.24 bits per heavy atom. The largest absolute Gasteiger partial charge is 0.289 e. The normalized spacial score (nSPS) is 18.9. The lowest BCUT2D eigenvalue weighted by Crippen LogP contribution is -2.30. The monoisotopic (exact) mass is 350 g/mol. The highest BCUT2D eigenvalue weighted by Gasteiger charge is 2.25. The van der Waals surface area contributed by atoms with Gasteiger partial charge in [0.05, 0.1) is 9.82 Å². The first kappa shape index (κ1) is 16.5. The third kappa shape index (κ3) is 3.88. The zero-order valence-electron chi connectivity index (χ0n) is 11.3. The summed E-state index contributed by atoms with van der Waals surface area (Å²) in [4.78, 5) is 10.1. The number of halogens is 1. The molecular formula is C12H15ClN2O4S2. The second kappa shape index (κ2) is 6.51. The third-order valence-electron chi connectivity index (χ3n) is 3.32. The van der Waals surface area contributed by atoms with Crippen LogP contribution in [0, 0.1) is 23.0 Å². The molecule has 0 saturated carbocycles. The van der Waals surface area contributed by atoms with E-state index in [1.165, 1.54) is 6.07 Å². The highest BCUT2D eigenvalue weighted by Crippen LogP contribution is 2.30. The number of thioether (sulfide) groups is 1. The van der Waals surface area contributed by atoms with Gasteiger partial charge < -0.3 is 0 Å². The Bertz CT molecular complexity index is 657. The van der Waals surface area contributed by atoms with Gasteiger partial charge in [-0.2, -0.15) is 11.8 Å². The fourth-order valence-corrected chi connectivity index (χ4v) is 5.05. The summed E-state index contributed by atoms with van der Waals surface area (Å²) in [6.07, 6.45) is 0.979. The number of aryl methyl sites for hydroxylation is 1. The van der Waals surface area contributed by atoms with Gasteiger partial charge in [-0.05, 0) is 42.4 Å². The van der Waals surface area contributed by atoms with Gasteiger partial charge in [0.2, 0.25) is 10.0 Å². The van der Waals surface area contributed by atoms with Gasteiger partial charge in [-0.1, -0.05) is 11.6 Å². The van der Waals surface area contributed by atoms with E-state index in [0.29, 0.717) is 18.0 Å². The fourth-order valence-electron chi connectivity index (χ4n) is 2.12. The molecule has 21 heavy (non-hydrogen) atoms. The smallest absolute Gasteiger partial charge is 0.258 e. The summed E-state index contributed by atoms with van der Waals surface area (Å²) in [6.45, 7) is 1.92. The number of sulfonamides is 1. The predicted octanol–water partition coefficient (Wildman–Crippen LogP) is 2.59. The molecule has 1 aliphatic heterocycles. The summed E-state index contributed by atoms with van der Waals surface area (Å²) in [5.41, 5.74) is -0.0158. The minimum absolute atomic E-state index is 0.0661. The van der Waals surface area contributed by atoms with Gasteiger partial charge in [-0.25, -0.2) is 13.1 Å². The van der Waals surface area contributed by atoms with Crippen LogP contribution in [-0.2, 0) is 10.0 Å². The van der Waals surface area contributed by atoms with Crippen molar-refractivity contribution in [2.24, 2.45) is 5.92 Å². The quantitative estimate of drug-likeness (QED) is 0.651. The molecule has 1 fully saturated rings. The summed E-state index contributed by atoms with van der Waals surface area (Å²) in [6, 6.07) is 2.32. The summed E-state index contributed by atoms with van der Waals surface area (Å²) in [7, 11) is -3.77. The molecule has 1 aromatic rings. The van der Waals surface area contributed by atoms with Crippen LogP contribution in [-0.4, -0.2) is 31.4 Å². The van der Waals surface area contributed by atoms with Crippen molar-refractivity contribution >= 4 is 39.1 Å². The zero-order chi connectivity index (χ0) is 15.6. The number of rotatable bonds is 5. The van der Waals surface area contributed by atoms with Crippen molar-refractivity contribution in [2.45, 2.75) is 18.2 Å². The van der Waals surface area contributed by atoms with Gasteiger partial charge in [-0.3, -0.25) is 10.1 Å². The average molecular weight is 351 g/mol. The molecule has 0 aromatic heterocycles. The number of benzene rings is 1. The zero-order valence-corrected chi connectivity index (χ0v) is 13.7. The molecule has 1 atom stereocenters. The molecule has 0 spiro atoms. The minimum Gasteiger partial charge on any atom is -0.258 e. The molecule has 1 saturated heterocycles. The fraction of sp³-hybridized carbons (Fsp3) is 0.500. The van der Waals surface area contributed by atoms with E-state index >= 15 is 0 Å². The molecule has 0 radical (unpaired) electrons. The molecule has 0 amide bonds. The Morgan fingerprint density at radius 3 is 2.81 bits per heavy atom. The summed E-state index contributed by atoms with van der Waals surface area (Å²) in [5.74, 6) is 2.28. The molecule has 1 aromatic carbocycles. The van der Waals surface area contributed by atoms with E-state index in [0.717, 1.165) is 24.0 Å². The lowest BCUT2D eigenvalue weighted by atomic mass is 10.1. The average Bonchev–Trinajstić information content (AvgIpc) is 2.88. The number of nitrogens with one attached hydrogen (secondary N) is 1. The molecule has 1 heterocycles. The maximum atomic E-state index is 12.3. The first-order valence-corrected chi connectivity index (χ1v) is 9.35. The molecular weight excluding hydrogens is 336 g/mol. The van der Waals surface area contributed by atoms with Gasteiger partial charge in [0.15, 0.2) is 0 Å². The molecule has 116 valence electrons. The molecule has 1 unspecified atom stereocenters. The summed E-state index contributed by atoms with van der Waals surface area (Å²) >= 11 is 7.57. The van der Waals surface area contributed by atoms with Crippen LogP contribution < -0.4 is 4.72 Å². The van der Waals surface area contributed by atoms with Gasteiger partial charge in [-0.15, -0.1) is 0 Å². The SMILES string of the molecule is Cc1cc(Cl)c([N+](=O)[O-])cc1S(=O)(=O)NCC1CCSC1. The number of nitrogens with zero attached hydrogens (tertiary/aromatic N) is 1. The maximum absolute atomic E-state index is 12.3. The Kier molecular flexibility index (Phi) is 5.13. The van der Waals surface area contributed by atoms with E-state index < -0.39 is 20.6 Å². The number of hydrogen-bond donors (Lipinski definition) is 1. The summed E-state index contributed by atoms with van der Waals surface area (Å²) in [5, 5.41) is 10.8. The maximum Gasteiger partial charge on any atom is 0.289 e. The highest BCUT2D eigenvalue weighted by molar-refractivity contribution is 7.99. The van der Waals surface area contributed by atoms with Gasteiger partial charge in [0.25, 0.3) is 5.69 Å². The van der Waals surface area contributed by atoms with Gasteiger partial charge in [0.1, 0.15) is 5.02 Å².